The number of ketones is 1. The maximum atomic E-state index is 13.0. The number of anilines is 1. The number of hydrogen-bond donors (Lipinski definition) is 2. The number of benzene rings is 1. The molecular formula is C25H32BrN3O2. The van der Waals surface area contributed by atoms with Gasteiger partial charge < -0.3 is 15.3 Å². The fourth-order valence-electron chi connectivity index (χ4n) is 5.36. The number of halogens is 1. The van der Waals surface area contributed by atoms with Crippen molar-refractivity contribution in [2.75, 3.05) is 31.6 Å². The summed E-state index contributed by atoms with van der Waals surface area (Å²) in [7, 11) is 0. The van der Waals surface area contributed by atoms with Gasteiger partial charge in [-0.2, -0.15) is 0 Å². The number of hydrogen-bond acceptors (Lipinski definition) is 5. The summed E-state index contributed by atoms with van der Waals surface area (Å²) in [6.07, 6.45) is 9.65. The molecule has 1 unspecified atom stereocenters. The van der Waals surface area contributed by atoms with E-state index in [9.17, 15) is 9.90 Å². The highest BCUT2D eigenvalue weighted by Crippen LogP contribution is 2.38. The molecule has 5 rings (SSSR count). The minimum Gasteiger partial charge on any atom is -0.396 e. The highest BCUT2D eigenvalue weighted by atomic mass is 79.9. The number of carbonyl (C=O) groups is 1. The number of nitrogens with zero attached hydrogens (tertiary/aromatic N) is 2. The first-order valence-electron chi connectivity index (χ1n) is 11.8. The molecule has 0 bridgehead atoms. The van der Waals surface area contributed by atoms with Crippen molar-refractivity contribution in [1.29, 1.82) is 0 Å². The van der Waals surface area contributed by atoms with Gasteiger partial charge in [0.2, 0.25) is 0 Å². The van der Waals surface area contributed by atoms with Crippen molar-refractivity contribution in [1.82, 2.24) is 9.88 Å². The number of pyridine rings is 1. The average molecular weight is 486 g/mol. The molecule has 6 heteroatoms. The Labute approximate surface area is 192 Å². The van der Waals surface area contributed by atoms with E-state index in [4.69, 9.17) is 0 Å². The summed E-state index contributed by atoms with van der Waals surface area (Å²) in [5.74, 6) is 1.65. The summed E-state index contributed by atoms with van der Waals surface area (Å²) in [6, 6.07) is 6.51. The number of aromatic nitrogens is 1. The predicted molar refractivity (Wildman–Crippen MR) is 127 cm³/mol. The fourth-order valence-corrected chi connectivity index (χ4v) is 5.72. The summed E-state index contributed by atoms with van der Waals surface area (Å²) in [6.45, 7) is 3.68. The topological polar surface area (TPSA) is 65.5 Å². The Hall–Kier alpha value is -1.50. The zero-order valence-corrected chi connectivity index (χ0v) is 19.6. The number of aliphatic hydroxyl groups is 1. The van der Waals surface area contributed by atoms with Crippen LogP contribution in [0.2, 0.25) is 0 Å². The van der Waals surface area contributed by atoms with Crippen molar-refractivity contribution in [2.24, 2.45) is 17.8 Å². The lowest BCUT2D eigenvalue weighted by Crippen LogP contribution is -2.33. The number of likely N-dealkylation sites (tertiary alicyclic amines) is 1. The van der Waals surface area contributed by atoms with E-state index in [-0.39, 0.29) is 11.7 Å². The van der Waals surface area contributed by atoms with Gasteiger partial charge in [-0.3, -0.25) is 9.78 Å². The maximum Gasteiger partial charge on any atom is 0.169 e. The number of fused-ring (bicyclic) bond motifs is 1. The van der Waals surface area contributed by atoms with Gasteiger partial charge >= 0.3 is 0 Å². The largest absolute Gasteiger partial charge is 0.396 e. The van der Waals surface area contributed by atoms with Crippen LogP contribution in [-0.4, -0.2) is 53.1 Å². The van der Waals surface area contributed by atoms with Crippen LogP contribution in [0.15, 0.2) is 28.9 Å². The summed E-state index contributed by atoms with van der Waals surface area (Å²) in [5.41, 5.74) is 2.68. The van der Waals surface area contributed by atoms with Gasteiger partial charge in [-0.05, 0) is 81.5 Å². The first-order chi connectivity index (χ1) is 15.1. The van der Waals surface area contributed by atoms with Gasteiger partial charge in [-0.1, -0.05) is 15.9 Å². The van der Waals surface area contributed by atoms with Crippen LogP contribution in [-0.2, 0) is 0 Å². The van der Waals surface area contributed by atoms with Crippen molar-refractivity contribution >= 4 is 38.3 Å². The van der Waals surface area contributed by atoms with Gasteiger partial charge in [-0.25, -0.2) is 0 Å². The van der Waals surface area contributed by atoms with Crippen LogP contribution in [0.4, 0.5) is 5.69 Å². The molecule has 2 saturated carbocycles. The third-order valence-electron chi connectivity index (χ3n) is 7.38. The average Bonchev–Trinajstić information content (AvgIpc) is 3.54. The quantitative estimate of drug-likeness (QED) is 0.547. The Morgan fingerprint density at radius 3 is 2.65 bits per heavy atom. The molecule has 1 aromatic heterocycles. The number of rotatable bonds is 7. The van der Waals surface area contributed by atoms with E-state index < -0.39 is 0 Å². The first kappa shape index (κ1) is 21.4. The van der Waals surface area contributed by atoms with Crippen LogP contribution < -0.4 is 5.32 Å². The van der Waals surface area contributed by atoms with E-state index >= 15 is 0 Å². The lowest BCUT2D eigenvalue weighted by Gasteiger charge is -2.32. The Kier molecular flexibility index (Phi) is 6.31. The van der Waals surface area contributed by atoms with Crippen molar-refractivity contribution in [3.63, 3.8) is 0 Å². The molecule has 1 aromatic carbocycles. The number of carbonyl (C=O) groups excluding carboxylic acids is 1. The third-order valence-corrected chi connectivity index (χ3v) is 7.88. The van der Waals surface area contributed by atoms with Crippen molar-refractivity contribution in [3.05, 3.63) is 34.4 Å². The number of Topliss-reactive ketones (excluding diaryl/α,β-unsaturated/α-hetero) is 1. The lowest BCUT2D eigenvalue weighted by molar-refractivity contribution is 0.0968. The first-order valence-corrected chi connectivity index (χ1v) is 12.6. The smallest absolute Gasteiger partial charge is 0.169 e. The fraction of sp³-hybridized carbons (Fsp3) is 0.600. The molecular weight excluding hydrogens is 454 g/mol. The van der Waals surface area contributed by atoms with Gasteiger partial charge in [-0.15, -0.1) is 0 Å². The molecule has 31 heavy (non-hydrogen) atoms. The lowest BCUT2D eigenvalue weighted by atomic mass is 9.85. The van der Waals surface area contributed by atoms with Crippen molar-refractivity contribution in [2.45, 2.75) is 51.0 Å². The zero-order valence-electron chi connectivity index (χ0n) is 18.0. The minimum atomic E-state index is 0.186. The van der Waals surface area contributed by atoms with Gasteiger partial charge in [0.25, 0.3) is 0 Å². The molecule has 3 aliphatic rings. The molecule has 0 radical (unpaired) electrons. The highest BCUT2D eigenvalue weighted by molar-refractivity contribution is 9.10. The van der Waals surface area contributed by atoms with E-state index in [0.717, 1.165) is 77.7 Å². The molecule has 2 heterocycles. The summed E-state index contributed by atoms with van der Waals surface area (Å²) >= 11 is 3.59. The molecule has 0 amide bonds. The molecule has 2 aromatic rings. The highest BCUT2D eigenvalue weighted by Gasteiger charge is 2.33. The zero-order chi connectivity index (χ0) is 21.4. The third kappa shape index (κ3) is 4.81. The van der Waals surface area contributed by atoms with Crippen LogP contribution in [0, 0.1) is 17.8 Å². The molecule has 3 fully saturated rings. The second-order valence-electron chi connectivity index (χ2n) is 9.81. The monoisotopic (exact) mass is 485 g/mol. The van der Waals surface area contributed by atoms with Crippen molar-refractivity contribution < 1.29 is 9.90 Å². The second-order valence-corrected chi connectivity index (χ2v) is 10.7. The Bertz CT molecular complexity index is 953. The second kappa shape index (κ2) is 9.16. The van der Waals surface area contributed by atoms with Gasteiger partial charge in [0.1, 0.15) is 0 Å². The van der Waals surface area contributed by atoms with Gasteiger partial charge in [0, 0.05) is 47.7 Å². The maximum absolute atomic E-state index is 13.0. The van der Waals surface area contributed by atoms with Gasteiger partial charge in [0.15, 0.2) is 5.78 Å². The van der Waals surface area contributed by atoms with E-state index in [1.54, 1.807) is 6.20 Å². The SMILES string of the molecule is O=C(c1cnc2ccc(Br)cc2c1N[C@H]1CC[C@H](CN2CCC(CO)C2)CC1)C1CC1. The van der Waals surface area contributed by atoms with E-state index in [0.29, 0.717) is 18.6 Å². The Morgan fingerprint density at radius 2 is 1.94 bits per heavy atom. The van der Waals surface area contributed by atoms with Crippen LogP contribution >= 0.6 is 15.9 Å². The van der Waals surface area contributed by atoms with Gasteiger partial charge in [0.05, 0.1) is 16.8 Å². The number of nitrogens with one attached hydrogen (secondary N) is 1. The predicted octanol–water partition coefficient (Wildman–Crippen LogP) is 4.87. The summed E-state index contributed by atoms with van der Waals surface area (Å²) in [5, 5.41) is 14.2. The molecule has 1 atom stereocenters. The number of aliphatic hydroxyl groups excluding tert-OH is 1. The summed E-state index contributed by atoms with van der Waals surface area (Å²) in [4.78, 5) is 20.1. The standard InChI is InChI=1S/C25H32BrN3O2/c26-19-5-8-23-21(11-19)24(22(12-27-23)25(31)18-3-4-18)28-20-6-1-16(2-7-20)13-29-10-9-17(14-29)15-30/h5,8,11-12,16-18,20,30H,1-4,6-7,9-10,13-15H2,(H,27,28)/t16-,17?,20-. The van der Waals surface area contributed by atoms with E-state index in [2.05, 4.69) is 37.2 Å². The normalized spacial score (nSPS) is 27.0. The molecule has 166 valence electrons. The van der Waals surface area contributed by atoms with Crippen LogP contribution in [0.3, 0.4) is 0 Å². The van der Waals surface area contributed by atoms with E-state index in [1.807, 2.05) is 12.1 Å². The van der Waals surface area contributed by atoms with Crippen molar-refractivity contribution in [3.8, 4) is 0 Å². The minimum absolute atomic E-state index is 0.186. The molecule has 1 saturated heterocycles. The molecule has 5 nitrogen and oxygen atoms in total. The summed E-state index contributed by atoms with van der Waals surface area (Å²) < 4.78 is 1.01. The van der Waals surface area contributed by atoms with Crippen LogP contribution in [0.5, 0.6) is 0 Å². The van der Waals surface area contributed by atoms with Crippen LogP contribution in [0.25, 0.3) is 10.9 Å². The molecule has 0 spiro atoms. The molecule has 2 aliphatic carbocycles. The van der Waals surface area contributed by atoms with E-state index in [1.165, 1.54) is 19.4 Å². The van der Waals surface area contributed by atoms with Crippen LogP contribution in [0.1, 0.15) is 55.3 Å². The molecule has 2 N–H and O–H groups in total. The Balaban J connectivity index is 1.28. The molecule has 1 aliphatic heterocycles. The Morgan fingerprint density at radius 1 is 1.13 bits per heavy atom.